The molecular weight excluding hydrogens is 270 g/mol. The minimum absolute atomic E-state index is 0.300. The van der Waals surface area contributed by atoms with Crippen LogP contribution in [-0.2, 0) is 5.75 Å². The number of carbonyl (C=O) groups is 1. The van der Waals surface area contributed by atoms with Gasteiger partial charge in [0.05, 0.1) is 0 Å². The van der Waals surface area contributed by atoms with Gasteiger partial charge in [-0.05, 0) is 17.7 Å². The fraction of sp³-hybridized carbons (Fsp3) is 0.100. The maximum absolute atomic E-state index is 11.2. The molecule has 1 aromatic carbocycles. The Hall–Kier alpha value is -1.64. The molecule has 1 heterocycles. The van der Waals surface area contributed by atoms with Gasteiger partial charge in [-0.1, -0.05) is 35.2 Å². The van der Waals surface area contributed by atoms with Crippen molar-refractivity contribution < 1.29 is 4.79 Å². The van der Waals surface area contributed by atoms with Crippen molar-refractivity contribution in [2.75, 3.05) is 5.73 Å². The van der Waals surface area contributed by atoms with Crippen LogP contribution in [-0.4, -0.2) is 16.1 Å². The van der Waals surface area contributed by atoms with Crippen LogP contribution in [0.3, 0.4) is 0 Å². The molecule has 0 aliphatic heterocycles. The predicted molar refractivity (Wildman–Crippen MR) is 72.0 cm³/mol. The second kappa shape index (κ2) is 5.80. The average molecular weight is 281 g/mol. The van der Waals surface area contributed by atoms with Crippen LogP contribution in [0.5, 0.6) is 0 Å². The number of benzene rings is 1. The van der Waals surface area contributed by atoms with Crippen LogP contribution in [0.4, 0.5) is 5.13 Å². The van der Waals surface area contributed by atoms with Crippen molar-refractivity contribution >= 4 is 34.1 Å². The maximum atomic E-state index is 11.2. The summed E-state index contributed by atoms with van der Waals surface area (Å²) in [7, 11) is 0. The van der Waals surface area contributed by atoms with Crippen LogP contribution in [0.15, 0.2) is 28.6 Å². The number of hydrogen-bond acceptors (Lipinski definition) is 7. The summed E-state index contributed by atoms with van der Waals surface area (Å²) in [5, 5.41) is 8.12. The highest BCUT2D eigenvalue weighted by molar-refractivity contribution is 8.00. The highest BCUT2D eigenvalue weighted by atomic mass is 32.2. The Morgan fingerprint density at radius 3 is 2.61 bits per heavy atom. The zero-order valence-electron chi connectivity index (χ0n) is 9.29. The van der Waals surface area contributed by atoms with E-state index in [2.05, 4.69) is 15.6 Å². The van der Waals surface area contributed by atoms with E-state index in [0.29, 0.717) is 10.7 Å². The van der Waals surface area contributed by atoms with E-state index in [0.717, 1.165) is 15.7 Å². The van der Waals surface area contributed by atoms with Gasteiger partial charge in [-0.25, -0.2) is 5.84 Å². The number of nitrogens with one attached hydrogen (secondary N) is 1. The van der Waals surface area contributed by atoms with Crippen LogP contribution in [0.2, 0.25) is 0 Å². The van der Waals surface area contributed by atoms with Crippen molar-refractivity contribution in [2.45, 2.75) is 10.1 Å². The minimum Gasteiger partial charge on any atom is -0.374 e. The quantitative estimate of drug-likeness (QED) is 0.334. The molecule has 1 amide bonds. The molecule has 94 valence electrons. The van der Waals surface area contributed by atoms with Crippen molar-refractivity contribution in [3.05, 3.63) is 35.4 Å². The number of aromatic nitrogens is 2. The summed E-state index contributed by atoms with van der Waals surface area (Å²) in [6.45, 7) is 0. The molecule has 0 spiro atoms. The summed E-state index contributed by atoms with van der Waals surface area (Å²) in [4.78, 5) is 11.2. The van der Waals surface area contributed by atoms with Crippen molar-refractivity contribution in [1.29, 1.82) is 0 Å². The van der Waals surface area contributed by atoms with Crippen molar-refractivity contribution in [3.63, 3.8) is 0 Å². The van der Waals surface area contributed by atoms with E-state index in [4.69, 9.17) is 11.6 Å². The van der Waals surface area contributed by atoms with E-state index in [1.165, 1.54) is 11.3 Å². The first-order valence-corrected chi connectivity index (χ1v) is 6.81. The molecule has 0 unspecified atom stereocenters. The van der Waals surface area contributed by atoms with Crippen molar-refractivity contribution in [3.8, 4) is 0 Å². The highest BCUT2D eigenvalue weighted by Gasteiger charge is 2.05. The van der Waals surface area contributed by atoms with Gasteiger partial charge in [0, 0.05) is 11.3 Å². The fourth-order valence-electron chi connectivity index (χ4n) is 1.26. The van der Waals surface area contributed by atoms with Crippen LogP contribution in [0, 0.1) is 0 Å². The molecule has 6 nitrogen and oxygen atoms in total. The van der Waals surface area contributed by atoms with Gasteiger partial charge in [0.15, 0.2) is 4.34 Å². The normalized spacial score (nSPS) is 10.3. The predicted octanol–water partition coefficient (Wildman–Crippen LogP) is 1.02. The second-order valence-corrected chi connectivity index (χ2v) is 5.60. The number of hydrazine groups is 1. The van der Waals surface area contributed by atoms with E-state index in [9.17, 15) is 4.79 Å². The molecule has 0 aliphatic rings. The van der Waals surface area contributed by atoms with Crippen LogP contribution >= 0.6 is 23.1 Å². The number of thioether (sulfide) groups is 1. The summed E-state index contributed by atoms with van der Waals surface area (Å²) in [5.41, 5.74) is 9.20. The Morgan fingerprint density at radius 2 is 2.06 bits per heavy atom. The number of hydrogen-bond donors (Lipinski definition) is 3. The monoisotopic (exact) mass is 281 g/mol. The summed E-state index contributed by atoms with van der Waals surface area (Å²) >= 11 is 2.91. The number of anilines is 1. The Kier molecular flexibility index (Phi) is 4.13. The third-order valence-corrected chi connectivity index (χ3v) is 4.09. The molecule has 5 N–H and O–H groups in total. The Labute approximate surface area is 112 Å². The van der Waals surface area contributed by atoms with E-state index in [1.807, 2.05) is 12.1 Å². The number of nitrogens with two attached hydrogens (primary N) is 2. The average Bonchev–Trinajstić information content (AvgIpc) is 2.82. The molecule has 2 aromatic rings. The van der Waals surface area contributed by atoms with Gasteiger partial charge in [-0.2, -0.15) is 0 Å². The minimum atomic E-state index is -0.300. The van der Waals surface area contributed by atoms with Crippen LogP contribution < -0.4 is 17.0 Å². The maximum Gasteiger partial charge on any atom is 0.265 e. The van der Waals surface area contributed by atoms with Gasteiger partial charge >= 0.3 is 0 Å². The molecule has 0 aliphatic carbocycles. The summed E-state index contributed by atoms with van der Waals surface area (Å²) < 4.78 is 0.830. The first-order valence-electron chi connectivity index (χ1n) is 5.00. The first-order chi connectivity index (χ1) is 8.69. The number of nitrogen functional groups attached to an aromatic ring is 2. The third-order valence-electron chi connectivity index (χ3n) is 2.13. The van der Waals surface area contributed by atoms with Crippen LogP contribution in [0.1, 0.15) is 15.9 Å². The molecule has 0 saturated heterocycles. The summed E-state index contributed by atoms with van der Waals surface area (Å²) in [6, 6.07) is 7.21. The highest BCUT2D eigenvalue weighted by Crippen LogP contribution is 2.26. The van der Waals surface area contributed by atoms with Gasteiger partial charge in [0.2, 0.25) is 5.13 Å². The van der Waals surface area contributed by atoms with E-state index in [-0.39, 0.29) is 5.91 Å². The lowest BCUT2D eigenvalue weighted by atomic mass is 10.1. The summed E-state index contributed by atoms with van der Waals surface area (Å²) in [6.07, 6.45) is 0. The number of amides is 1. The van der Waals surface area contributed by atoms with Crippen LogP contribution in [0.25, 0.3) is 0 Å². The zero-order valence-corrected chi connectivity index (χ0v) is 10.9. The molecule has 8 heteroatoms. The first kappa shape index (κ1) is 12.8. The van der Waals surface area contributed by atoms with Gasteiger partial charge in [-0.3, -0.25) is 10.2 Å². The number of carbonyl (C=O) groups excluding carboxylic acids is 1. The van der Waals surface area contributed by atoms with E-state index < -0.39 is 0 Å². The molecule has 0 atom stereocenters. The Bertz CT molecular complexity index is 539. The van der Waals surface area contributed by atoms with Gasteiger partial charge in [-0.15, -0.1) is 10.2 Å². The molecule has 2 rings (SSSR count). The molecule has 1 aromatic heterocycles. The molecule has 0 saturated carbocycles. The lowest BCUT2D eigenvalue weighted by Crippen LogP contribution is -2.29. The van der Waals surface area contributed by atoms with Crippen molar-refractivity contribution in [2.24, 2.45) is 5.84 Å². The SMILES string of the molecule is NNC(=O)c1ccc(CSc2nnc(N)s2)cc1. The lowest BCUT2D eigenvalue weighted by molar-refractivity contribution is 0.0953. The van der Waals surface area contributed by atoms with E-state index >= 15 is 0 Å². The number of nitrogens with zero attached hydrogens (tertiary/aromatic N) is 2. The standard InChI is InChI=1S/C10H11N5OS2/c11-9-14-15-10(18-9)17-5-6-1-3-7(4-2-6)8(16)13-12/h1-4H,5,12H2,(H2,11,14)(H,13,16). The fourth-order valence-corrected chi connectivity index (χ4v) is 2.85. The molecule has 0 fully saturated rings. The lowest BCUT2D eigenvalue weighted by Gasteiger charge is -2.01. The van der Waals surface area contributed by atoms with Crippen molar-refractivity contribution in [1.82, 2.24) is 15.6 Å². The molecule has 0 radical (unpaired) electrons. The second-order valence-electron chi connectivity index (χ2n) is 3.37. The zero-order chi connectivity index (χ0) is 13.0. The number of rotatable bonds is 4. The van der Waals surface area contributed by atoms with Gasteiger partial charge in [0.25, 0.3) is 5.91 Å². The Morgan fingerprint density at radius 1 is 1.33 bits per heavy atom. The van der Waals surface area contributed by atoms with Gasteiger partial charge < -0.3 is 5.73 Å². The Balaban J connectivity index is 1.96. The van der Waals surface area contributed by atoms with E-state index in [1.54, 1.807) is 23.9 Å². The summed E-state index contributed by atoms with van der Waals surface area (Å²) in [5.74, 6) is 5.50. The smallest absolute Gasteiger partial charge is 0.265 e. The molecular formula is C10H11N5OS2. The topological polar surface area (TPSA) is 107 Å². The van der Waals surface area contributed by atoms with Gasteiger partial charge in [0.1, 0.15) is 0 Å². The molecule has 0 bridgehead atoms. The largest absolute Gasteiger partial charge is 0.374 e. The molecule has 18 heavy (non-hydrogen) atoms. The third kappa shape index (κ3) is 3.19.